The van der Waals surface area contributed by atoms with Gasteiger partial charge in [0.15, 0.2) is 0 Å². The Balaban J connectivity index is 2.15. The zero-order valence-electron chi connectivity index (χ0n) is 6.30. The van der Waals surface area contributed by atoms with Crippen LogP contribution >= 0.6 is 20.1 Å². The number of halogens is 1. The van der Waals surface area contributed by atoms with E-state index in [4.69, 9.17) is 4.52 Å². The zero-order valence-corrected chi connectivity index (χ0v) is 8.46. The van der Waals surface area contributed by atoms with E-state index in [0.29, 0.717) is 0 Å². The number of aryl methyl sites for hydroxylation is 1. The van der Waals surface area contributed by atoms with Gasteiger partial charge in [-0.15, -0.1) is 0 Å². The summed E-state index contributed by atoms with van der Waals surface area (Å²) in [5.41, 5.74) is 0. The Morgan fingerprint density at radius 2 is 2.55 bits per heavy atom. The molecule has 1 N–H and O–H groups in total. The van der Waals surface area contributed by atoms with Crippen LogP contribution in [0.25, 0.3) is 0 Å². The molecule has 2 rings (SSSR count). The molecule has 11 heavy (non-hydrogen) atoms. The molecule has 62 valence electrons. The van der Waals surface area contributed by atoms with Crippen molar-refractivity contribution >= 4 is 20.1 Å². The first-order valence-electron chi connectivity index (χ1n) is 3.56. The number of nitrogens with one attached hydrogen (secondary N) is 1. The minimum atomic E-state index is -1.18. The standard InChI is InChI=1S/C6H10IN3O/c1-5-9-6(11-10-5)7-3-2-4-8-7/h8H,2-4H2,1H3. The summed E-state index contributed by atoms with van der Waals surface area (Å²) in [7, 11) is 0. The normalized spacial score (nSPS) is 21.0. The average Bonchev–Trinajstić information content (AvgIpc) is 2.55. The molecule has 1 saturated heterocycles. The van der Waals surface area contributed by atoms with Gasteiger partial charge in [0.1, 0.15) is 0 Å². The van der Waals surface area contributed by atoms with Crippen molar-refractivity contribution in [3.05, 3.63) is 9.72 Å². The first-order valence-corrected chi connectivity index (χ1v) is 7.24. The molecule has 5 heteroatoms. The number of rotatable bonds is 1. The summed E-state index contributed by atoms with van der Waals surface area (Å²) in [6.07, 6.45) is 1.27. The summed E-state index contributed by atoms with van der Waals surface area (Å²) >= 11 is -1.18. The molecule has 0 aromatic carbocycles. The van der Waals surface area contributed by atoms with Crippen molar-refractivity contribution in [3.63, 3.8) is 0 Å². The third-order valence-corrected chi connectivity index (χ3v) is 6.31. The van der Waals surface area contributed by atoms with E-state index in [2.05, 4.69) is 13.7 Å². The molecule has 0 saturated carbocycles. The van der Waals surface area contributed by atoms with Crippen LogP contribution in [0.1, 0.15) is 12.2 Å². The Morgan fingerprint density at radius 3 is 3.09 bits per heavy atom. The van der Waals surface area contributed by atoms with Gasteiger partial charge in [-0.05, 0) is 0 Å². The van der Waals surface area contributed by atoms with Crippen molar-refractivity contribution in [2.24, 2.45) is 0 Å². The molecule has 0 unspecified atom stereocenters. The summed E-state index contributed by atoms with van der Waals surface area (Å²) in [6, 6.07) is 0. The fraction of sp³-hybridized carbons (Fsp3) is 0.667. The fourth-order valence-electron chi connectivity index (χ4n) is 0.951. The van der Waals surface area contributed by atoms with Crippen molar-refractivity contribution in [3.8, 4) is 0 Å². The van der Waals surface area contributed by atoms with E-state index in [1.54, 1.807) is 0 Å². The molecule has 1 aliphatic heterocycles. The molecule has 0 bridgehead atoms. The molecule has 0 radical (unpaired) electrons. The predicted octanol–water partition coefficient (Wildman–Crippen LogP) is 0.962. The molecule has 0 spiro atoms. The Labute approximate surface area is 72.5 Å². The van der Waals surface area contributed by atoms with Crippen molar-refractivity contribution in [1.29, 1.82) is 0 Å². The van der Waals surface area contributed by atoms with Gasteiger partial charge >= 0.3 is 72.3 Å². The number of nitrogens with zero attached hydrogens (tertiary/aromatic N) is 2. The summed E-state index contributed by atoms with van der Waals surface area (Å²) in [6.45, 7) is 2.99. The van der Waals surface area contributed by atoms with Crippen molar-refractivity contribution in [2.45, 2.75) is 13.3 Å². The average molecular weight is 267 g/mol. The number of hydrogen-bond donors (Lipinski definition) is 1. The Hall–Kier alpha value is -0.170. The summed E-state index contributed by atoms with van der Waals surface area (Å²) < 4.78 is 10.7. The Bertz CT molecular complexity index is 244. The molecule has 0 amide bonds. The van der Waals surface area contributed by atoms with E-state index in [9.17, 15) is 0 Å². The van der Waals surface area contributed by atoms with Gasteiger partial charge in [-0.2, -0.15) is 0 Å². The molecule has 0 aliphatic carbocycles. The van der Waals surface area contributed by atoms with Crippen LogP contribution in [-0.4, -0.2) is 21.1 Å². The molecule has 0 atom stereocenters. The third kappa shape index (κ3) is 1.53. The van der Waals surface area contributed by atoms with Crippen molar-refractivity contribution in [1.82, 2.24) is 13.7 Å². The van der Waals surface area contributed by atoms with Crippen LogP contribution in [0.2, 0.25) is 0 Å². The number of hydrogen-bond acceptors (Lipinski definition) is 4. The second-order valence-electron chi connectivity index (χ2n) is 2.38. The van der Waals surface area contributed by atoms with E-state index in [-0.39, 0.29) is 0 Å². The van der Waals surface area contributed by atoms with Crippen LogP contribution in [0.3, 0.4) is 0 Å². The first kappa shape index (κ1) is 7.48. The molecule has 1 aromatic heterocycles. The number of alkyl halides is 1. The van der Waals surface area contributed by atoms with Gasteiger partial charge in [-0.3, -0.25) is 0 Å². The SMILES string of the molecule is Cc1noc(I2CCCN2)n1. The quantitative estimate of drug-likeness (QED) is 0.468. The van der Waals surface area contributed by atoms with Gasteiger partial charge < -0.3 is 0 Å². The maximum atomic E-state index is 5.09. The van der Waals surface area contributed by atoms with E-state index < -0.39 is 20.1 Å². The molecule has 4 nitrogen and oxygen atoms in total. The van der Waals surface area contributed by atoms with Crippen LogP contribution in [0.15, 0.2) is 4.52 Å². The minimum absolute atomic E-state index is 0.756. The third-order valence-electron chi connectivity index (χ3n) is 1.45. The molecular weight excluding hydrogens is 257 g/mol. The topological polar surface area (TPSA) is 51.0 Å². The first-order chi connectivity index (χ1) is 5.36. The Morgan fingerprint density at radius 1 is 1.64 bits per heavy atom. The van der Waals surface area contributed by atoms with Crippen LogP contribution in [0, 0.1) is 10.8 Å². The van der Waals surface area contributed by atoms with E-state index >= 15 is 0 Å². The maximum absolute atomic E-state index is 5.09. The van der Waals surface area contributed by atoms with Gasteiger partial charge in [0.05, 0.1) is 0 Å². The van der Waals surface area contributed by atoms with Crippen molar-refractivity contribution in [2.75, 3.05) is 11.0 Å². The van der Waals surface area contributed by atoms with Crippen LogP contribution in [0.4, 0.5) is 0 Å². The van der Waals surface area contributed by atoms with Gasteiger partial charge in [0.25, 0.3) is 0 Å². The van der Waals surface area contributed by atoms with E-state index in [1.807, 2.05) is 6.92 Å². The molecule has 1 aliphatic rings. The van der Waals surface area contributed by atoms with Gasteiger partial charge in [-0.1, -0.05) is 0 Å². The van der Waals surface area contributed by atoms with E-state index in [0.717, 1.165) is 16.3 Å². The number of aromatic nitrogens is 2. The fourth-order valence-corrected chi connectivity index (χ4v) is 5.27. The Kier molecular flexibility index (Phi) is 2.08. The van der Waals surface area contributed by atoms with Gasteiger partial charge in [0, 0.05) is 0 Å². The van der Waals surface area contributed by atoms with Crippen molar-refractivity contribution < 1.29 is 4.52 Å². The second kappa shape index (κ2) is 3.06. The zero-order chi connectivity index (χ0) is 7.68. The molecule has 1 fully saturated rings. The van der Waals surface area contributed by atoms with Crippen LogP contribution < -0.4 is 3.53 Å². The monoisotopic (exact) mass is 267 g/mol. The summed E-state index contributed by atoms with van der Waals surface area (Å²) in [5, 5.41) is 3.77. The van der Waals surface area contributed by atoms with Gasteiger partial charge in [0.2, 0.25) is 0 Å². The summed E-state index contributed by atoms with van der Waals surface area (Å²) in [4.78, 5) is 4.22. The molecule has 2 heterocycles. The molecular formula is C6H10IN3O. The second-order valence-corrected chi connectivity index (χ2v) is 7.21. The summed E-state index contributed by atoms with van der Waals surface area (Å²) in [5.74, 6) is 0.756. The molecule has 1 aromatic rings. The van der Waals surface area contributed by atoms with Crippen LogP contribution in [0.5, 0.6) is 0 Å². The van der Waals surface area contributed by atoms with Crippen LogP contribution in [-0.2, 0) is 0 Å². The van der Waals surface area contributed by atoms with Gasteiger partial charge in [-0.25, -0.2) is 0 Å². The predicted molar refractivity (Wildman–Crippen MR) is 49.2 cm³/mol. The van der Waals surface area contributed by atoms with E-state index in [1.165, 1.54) is 10.8 Å².